The van der Waals surface area contributed by atoms with Crippen LogP contribution in [0.25, 0.3) is 44.4 Å². The number of aryl methyl sites for hydroxylation is 1. The Hall–Kier alpha value is -5.16. The van der Waals surface area contributed by atoms with Gasteiger partial charge in [0.15, 0.2) is 0 Å². The van der Waals surface area contributed by atoms with Gasteiger partial charge in [-0.1, -0.05) is 70.2 Å². The lowest BCUT2D eigenvalue weighted by Crippen LogP contribution is -2.00. The Kier molecular flexibility index (Phi) is 7.69. The van der Waals surface area contributed by atoms with Crippen molar-refractivity contribution in [2.45, 2.75) is 53.9 Å². The highest BCUT2D eigenvalue weighted by Gasteiger charge is 2.18. The Morgan fingerprint density at radius 1 is 0.717 bits per heavy atom. The number of benzene rings is 4. The van der Waals surface area contributed by atoms with Gasteiger partial charge in [-0.25, -0.2) is 9.67 Å². The molecule has 0 aliphatic heterocycles. The molecule has 0 saturated carbocycles. The fraction of sp³-hybridized carbons (Fsp3) is 0.220. The van der Waals surface area contributed by atoms with Crippen LogP contribution in [-0.2, 0) is 6.42 Å². The maximum atomic E-state index is 6.56. The second-order valence-corrected chi connectivity index (χ2v) is 13.0. The topological polar surface area (TPSA) is 44.9 Å². The minimum atomic E-state index is 0.407. The van der Waals surface area contributed by atoms with Gasteiger partial charge >= 0.3 is 0 Å². The largest absolute Gasteiger partial charge is 0.457 e. The summed E-state index contributed by atoms with van der Waals surface area (Å²) in [6.45, 7) is 13.2. The molecule has 3 heterocycles. The van der Waals surface area contributed by atoms with E-state index in [1.165, 1.54) is 27.5 Å². The minimum absolute atomic E-state index is 0.407. The lowest BCUT2D eigenvalue weighted by molar-refractivity contribution is 0.482. The van der Waals surface area contributed by atoms with Crippen molar-refractivity contribution in [3.05, 3.63) is 132 Å². The van der Waals surface area contributed by atoms with Crippen molar-refractivity contribution < 1.29 is 4.74 Å². The zero-order valence-electron chi connectivity index (χ0n) is 27.5. The maximum absolute atomic E-state index is 6.56. The fourth-order valence-corrected chi connectivity index (χ4v) is 6.60. The highest BCUT2D eigenvalue weighted by molar-refractivity contribution is 6.09. The number of nitrogens with zero attached hydrogens (tertiary/aromatic N) is 4. The molecular formula is C41H40N4O. The molecule has 0 bridgehead atoms. The molecule has 4 aromatic carbocycles. The molecule has 7 rings (SSSR count). The Bertz CT molecular complexity index is 2190. The van der Waals surface area contributed by atoms with Gasteiger partial charge in [-0.15, -0.1) is 0 Å². The van der Waals surface area contributed by atoms with Crippen LogP contribution in [0, 0.1) is 19.8 Å². The molecule has 0 spiro atoms. The smallest absolute Gasteiger partial charge is 0.137 e. The van der Waals surface area contributed by atoms with Crippen molar-refractivity contribution in [2.75, 3.05) is 0 Å². The van der Waals surface area contributed by atoms with E-state index in [-0.39, 0.29) is 0 Å². The van der Waals surface area contributed by atoms with E-state index in [4.69, 9.17) is 14.8 Å². The van der Waals surface area contributed by atoms with Gasteiger partial charge in [0, 0.05) is 40.4 Å². The normalized spacial score (nSPS) is 11.7. The van der Waals surface area contributed by atoms with Crippen LogP contribution in [-0.4, -0.2) is 19.3 Å². The molecule has 0 atom stereocenters. The van der Waals surface area contributed by atoms with Gasteiger partial charge in [-0.2, -0.15) is 5.10 Å². The van der Waals surface area contributed by atoms with Gasteiger partial charge in [0.2, 0.25) is 0 Å². The summed E-state index contributed by atoms with van der Waals surface area (Å²) in [4.78, 5) is 4.85. The fourth-order valence-electron chi connectivity index (χ4n) is 6.60. The van der Waals surface area contributed by atoms with Crippen LogP contribution in [0.4, 0.5) is 0 Å². The molecule has 0 aliphatic carbocycles. The average Bonchev–Trinajstić information content (AvgIpc) is 3.53. The summed E-state index contributed by atoms with van der Waals surface area (Å²) in [5, 5.41) is 7.33. The molecule has 7 aromatic rings. The minimum Gasteiger partial charge on any atom is -0.457 e. The van der Waals surface area contributed by atoms with Crippen molar-refractivity contribution in [1.29, 1.82) is 0 Å². The quantitative estimate of drug-likeness (QED) is 0.173. The number of pyridine rings is 1. The molecule has 3 aromatic heterocycles. The molecule has 230 valence electrons. The molecule has 0 aliphatic rings. The number of ether oxygens (including phenoxy) is 1. The number of fused-ring (bicyclic) bond motifs is 3. The van der Waals surface area contributed by atoms with Crippen LogP contribution in [0.2, 0.25) is 0 Å². The molecule has 0 fully saturated rings. The molecular weight excluding hydrogens is 564 g/mol. The summed E-state index contributed by atoms with van der Waals surface area (Å²) in [7, 11) is 0. The number of hydrogen-bond donors (Lipinski definition) is 0. The Labute approximate surface area is 271 Å². The predicted octanol–water partition coefficient (Wildman–Crippen LogP) is 10.8. The molecule has 0 N–H and O–H groups in total. The summed E-state index contributed by atoms with van der Waals surface area (Å²) in [6.07, 6.45) is 2.97. The summed E-state index contributed by atoms with van der Waals surface area (Å²) in [5.74, 6) is 3.44. The first-order valence-electron chi connectivity index (χ1n) is 16.2. The number of hydrogen-bond acceptors (Lipinski definition) is 3. The number of rotatable bonds is 8. The van der Waals surface area contributed by atoms with E-state index in [0.717, 1.165) is 57.4 Å². The first-order chi connectivity index (χ1) is 22.3. The van der Waals surface area contributed by atoms with E-state index in [1.54, 1.807) is 0 Å². The van der Waals surface area contributed by atoms with E-state index < -0.39 is 0 Å². The van der Waals surface area contributed by atoms with E-state index in [1.807, 2.05) is 29.1 Å². The van der Waals surface area contributed by atoms with E-state index >= 15 is 0 Å². The van der Waals surface area contributed by atoms with Gasteiger partial charge in [-0.3, -0.25) is 4.57 Å². The summed E-state index contributed by atoms with van der Waals surface area (Å²) >= 11 is 0. The zero-order valence-corrected chi connectivity index (χ0v) is 27.5. The molecule has 0 unspecified atom stereocenters. The second kappa shape index (κ2) is 12.0. The third-order valence-corrected chi connectivity index (χ3v) is 8.76. The highest BCUT2D eigenvalue weighted by Crippen LogP contribution is 2.37. The van der Waals surface area contributed by atoms with Crippen LogP contribution in [0.1, 0.15) is 56.1 Å². The van der Waals surface area contributed by atoms with Crippen LogP contribution in [0.15, 0.2) is 109 Å². The van der Waals surface area contributed by atoms with Gasteiger partial charge in [0.05, 0.1) is 22.4 Å². The van der Waals surface area contributed by atoms with Gasteiger partial charge < -0.3 is 4.74 Å². The van der Waals surface area contributed by atoms with Crippen LogP contribution >= 0.6 is 0 Å². The molecule has 5 nitrogen and oxygen atoms in total. The third kappa shape index (κ3) is 5.47. The number of aromatic nitrogens is 4. The lowest BCUT2D eigenvalue weighted by atomic mass is 10.0. The van der Waals surface area contributed by atoms with Gasteiger partial charge in [0.25, 0.3) is 0 Å². The molecule has 0 saturated heterocycles. The first-order valence-corrected chi connectivity index (χ1v) is 16.2. The van der Waals surface area contributed by atoms with Crippen LogP contribution in [0.5, 0.6) is 11.5 Å². The van der Waals surface area contributed by atoms with Gasteiger partial charge in [0.1, 0.15) is 17.3 Å². The van der Waals surface area contributed by atoms with Gasteiger partial charge in [-0.05, 0) is 97.3 Å². The first kappa shape index (κ1) is 29.5. The molecule has 0 radical (unpaired) electrons. The van der Waals surface area contributed by atoms with Crippen molar-refractivity contribution in [2.24, 2.45) is 5.92 Å². The highest BCUT2D eigenvalue weighted by atomic mass is 16.5. The summed E-state index contributed by atoms with van der Waals surface area (Å²) < 4.78 is 10.8. The Morgan fingerprint density at radius 2 is 1.52 bits per heavy atom. The Morgan fingerprint density at radius 3 is 2.30 bits per heavy atom. The van der Waals surface area contributed by atoms with Crippen molar-refractivity contribution >= 4 is 21.8 Å². The monoisotopic (exact) mass is 604 g/mol. The summed E-state index contributed by atoms with van der Waals surface area (Å²) in [5.41, 5.74) is 10.2. The second-order valence-electron chi connectivity index (χ2n) is 13.0. The van der Waals surface area contributed by atoms with E-state index in [0.29, 0.717) is 11.8 Å². The lowest BCUT2D eigenvalue weighted by Gasteiger charge is -2.12. The predicted molar refractivity (Wildman–Crippen MR) is 190 cm³/mol. The SMILES string of the molecule is Cc1nn(-c2cccc(Oc3ccc4c5cc(CC(C)C)ccc5n(-c5cc(C(C)C)ccn5)c4c3)c2)c(C)c1-c1ccccc1. The van der Waals surface area contributed by atoms with Crippen LogP contribution < -0.4 is 4.74 Å². The molecule has 46 heavy (non-hydrogen) atoms. The third-order valence-electron chi connectivity index (χ3n) is 8.76. The molecule has 0 amide bonds. The van der Waals surface area contributed by atoms with E-state index in [2.05, 4.69) is 131 Å². The van der Waals surface area contributed by atoms with Crippen molar-refractivity contribution in [3.8, 4) is 34.1 Å². The Balaban J connectivity index is 1.30. The van der Waals surface area contributed by atoms with E-state index in [9.17, 15) is 0 Å². The zero-order chi connectivity index (χ0) is 31.9. The standard InChI is InChI=1S/C41H40N4O/c1-26(2)21-30-15-18-38-37(22-30)36-17-16-35(25-39(36)44(38)40-23-32(27(3)4)19-20-42-40)46-34-14-10-13-33(24-34)45-29(6)41(28(5)43-45)31-11-8-7-9-12-31/h7-20,22-27H,21H2,1-6H3. The molecule has 5 heteroatoms. The van der Waals surface area contributed by atoms with Crippen LogP contribution in [0.3, 0.4) is 0 Å². The maximum Gasteiger partial charge on any atom is 0.137 e. The summed E-state index contributed by atoms with van der Waals surface area (Å²) in [6, 6.07) is 36.2. The average molecular weight is 605 g/mol. The van der Waals surface area contributed by atoms with Crippen molar-refractivity contribution in [3.63, 3.8) is 0 Å². The van der Waals surface area contributed by atoms with Crippen molar-refractivity contribution in [1.82, 2.24) is 19.3 Å².